The first-order chi connectivity index (χ1) is 18.0. The maximum absolute atomic E-state index is 13.1. The Labute approximate surface area is 223 Å². The Morgan fingerprint density at radius 3 is 2.00 bits per heavy atom. The van der Waals surface area contributed by atoms with E-state index in [1.165, 1.54) is 0 Å². The quantitative estimate of drug-likeness (QED) is 0.290. The van der Waals surface area contributed by atoms with Crippen LogP contribution in [-0.2, 0) is 32.1 Å². The van der Waals surface area contributed by atoms with Gasteiger partial charge >= 0.3 is 18.2 Å². The van der Waals surface area contributed by atoms with Crippen LogP contribution in [0.3, 0.4) is 0 Å². The van der Waals surface area contributed by atoms with Gasteiger partial charge in [-0.3, -0.25) is 4.79 Å². The average Bonchev–Trinajstić information content (AvgIpc) is 2.86. The summed E-state index contributed by atoms with van der Waals surface area (Å²) in [5.74, 6) is -1.83. The summed E-state index contributed by atoms with van der Waals surface area (Å²) in [6.07, 6.45) is -0.105. The first-order valence-corrected chi connectivity index (χ1v) is 12.5. The lowest BCUT2D eigenvalue weighted by Gasteiger charge is -2.22. The Hall–Kier alpha value is -4.08. The van der Waals surface area contributed by atoms with Crippen molar-refractivity contribution in [1.29, 1.82) is 0 Å². The van der Waals surface area contributed by atoms with Crippen molar-refractivity contribution in [2.45, 2.75) is 70.7 Å². The summed E-state index contributed by atoms with van der Waals surface area (Å²) in [6, 6.07) is 16.0. The van der Waals surface area contributed by atoms with Crippen molar-refractivity contribution in [2.75, 3.05) is 6.54 Å². The highest BCUT2D eigenvalue weighted by Gasteiger charge is 2.27. The minimum Gasteiger partial charge on any atom is -0.480 e. The first kappa shape index (κ1) is 30.1. The molecule has 2 atom stereocenters. The van der Waals surface area contributed by atoms with Gasteiger partial charge in [0.1, 0.15) is 24.3 Å². The number of hydrogen-bond donors (Lipinski definition) is 4. The van der Waals surface area contributed by atoms with Crippen LogP contribution in [-0.4, -0.2) is 53.4 Å². The Morgan fingerprint density at radius 1 is 0.816 bits per heavy atom. The maximum atomic E-state index is 13.1. The molecule has 0 bridgehead atoms. The molecule has 0 spiro atoms. The minimum absolute atomic E-state index is 0.0292. The van der Waals surface area contributed by atoms with E-state index in [4.69, 9.17) is 9.47 Å². The van der Waals surface area contributed by atoms with E-state index in [2.05, 4.69) is 16.0 Å². The normalized spacial score (nSPS) is 12.5. The molecule has 0 saturated heterocycles. The molecule has 4 N–H and O–H groups in total. The van der Waals surface area contributed by atoms with Crippen molar-refractivity contribution < 1.29 is 33.8 Å². The van der Waals surface area contributed by atoms with Crippen LogP contribution in [0.2, 0.25) is 0 Å². The summed E-state index contributed by atoms with van der Waals surface area (Å²) < 4.78 is 10.4. The molecule has 10 heteroatoms. The fourth-order valence-corrected chi connectivity index (χ4v) is 3.47. The molecule has 2 aromatic carbocycles. The Morgan fingerprint density at radius 2 is 1.42 bits per heavy atom. The highest BCUT2D eigenvalue weighted by molar-refractivity contribution is 5.89. The number of ether oxygens (including phenoxy) is 2. The second-order valence-electron chi connectivity index (χ2n) is 9.77. The summed E-state index contributed by atoms with van der Waals surface area (Å²) in [5, 5.41) is 17.3. The van der Waals surface area contributed by atoms with E-state index in [9.17, 15) is 24.3 Å². The standard InChI is InChI=1S/C28H37N3O7/c1-28(2,3)38-26(35)29-17-11-10-16-22(25(33)34)30-24(32)23(18-20-12-6-4-7-13-20)31-27(36)37-19-21-14-8-5-9-15-21/h4-9,12-15,22-23H,10-11,16-19H2,1-3H3,(H,29,35)(H,30,32)(H,31,36)(H,33,34). The van der Waals surface area contributed by atoms with Crippen molar-refractivity contribution in [3.63, 3.8) is 0 Å². The second-order valence-corrected chi connectivity index (χ2v) is 9.77. The molecule has 38 heavy (non-hydrogen) atoms. The third-order valence-electron chi connectivity index (χ3n) is 5.31. The zero-order valence-electron chi connectivity index (χ0n) is 22.1. The Bertz CT molecular complexity index is 1040. The molecule has 2 rings (SSSR count). The van der Waals surface area contributed by atoms with Gasteiger partial charge in [0.25, 0.3) is 0 Å². The molecule has 2 unspecified atom stereocenters. The molecule has 3 amide bonds. The number of unbranched alkanes of at least 4 members (excludes halogenated alkanes) is 1. The number of hydrogen-bond acceptors (Lipinski definition) is 6. The number of benzene rings is 2. The van der Waals surface area contributed by atoms with Crippen molar-refractivity contribution in [2.24, 2.45) is 0 Å². The van der Waals surface area contributed by atoms with Crippen molar-refractivity contribution in [3.8, 4) is 0 Å². The first-order valence-electron chi connectivity index (χ1n) is 12.5. The van der Waals surface area contributed by atoms with Crippen LogP contribution in [0.25, 0.3) is 0 Å². The van der Waals surface area contributed by atoms with Gasteiger partial charge < -0.3 is 30.5 Å². The van der Waals surface area contributed by atoms with Crippen LogP contribution in [0.5, 0.6) is 0 Å². The maximum Gasteiger partial charge on any atom is 0.408 e. The molecular formula is C28H37N3O7. The van der Waals surface area contributed by atoms with Gasteiger partial charge in [-0.15, -0.1) is 0 Å². The van der Waals surface area contributed by atoms with Crippen LogP contribution in [0.1, 0.15) is 51.2 Å². The molecule has 0 fully saturated rings. The van der Waals surface area contributed by atoms with Crippen LogP contribution in [0.15, 0.2) is 60.7 Å². The lowest BCUT2D eigenvalue weighted by Crippen LogP contribution is -2.52. The smallest absolute Gasteiger partial charge is 0.408 e. The molecule has 0 aliphatic heterocycles. The number of carboxylic acids is 1. The Kier molecular flexibility index (Phi) is 12.1. The highest BCUT2D eigenvalue weighted by atomic mass is 16.6. The molecule has 206 valence electrons. The van der Waals surface area contributed by atoms with E-state index in [0.29, 0.717) is 19.4 Å². The van der Waals surface area contributed by atoms with Gasteiger partial charge in [0.05, 0.1) is 0 Å². The van der Waals surface area contributed by atoms with Gasteiger partial charge in [-0.05, 0) is 51.2 Å². The van der Waals surface area contributed by atoms with E-state index in [1.54, 1.807) is 20.8 Å². The van der Waals surface area contributed by atoms with Crippen molar-refractivity contribution in [1.82, 2.24) is 16.0 Å². The van der Waals surface area contributed by atoms with E-state index in [1.807, 2.05) is 60.7 Å². The van der Waals surface area contributed by atoms with Gasteiger partial charge in [-0.1, -0.05) is 60.7 Å². The van der Waals surface area contributed by atoms with Gasteiger partial charge in [0.2, 0.25) is 5.91 Å². The largest absolute Gasteiger partial charge is 0.480 e. The number of carbonyl (C=O) groups excluding carboxylic acids is 3. The van der Waals surface area contributed by atoms with E-state index in [-0.39, 0.29) is 19.4 Å². The summed E-state index contributed by atoms with van der Waals surface area (Å²) in [4.78, 5) is 49.0. The van der Waals surface area contributed by atoms with Crippen LogP contribution < -0.4 is 16.0 Å². The number of rotatable bonds is 13. The van der Waals surface area contributed by atoms with E-state index in [0.717, 1.165) is 11.1 Å². The molecule has 0 saturated carbocycles. The van der Waals surface area contributed by atoms with Gasteiger partial charge in [0, 0.05) is 13.0 Å². The second kappa shape index (κ2) is 15.2. The number of carbonyl (C=O) groups is 4. The number of nitrogens with one attached hydrogen (secondary N) is 3. The SMILES string of the molecule is CC(C)(C)OC(=O)NCCCCC(NC(=O)C(Cc1ccccc1)NC(=O)OCc1ccccc1)C(=O)O. The average molecular weight is 528 g/mol. The molecule has 0 aliphatic rings. The number of aliphatic carboxylic acids is 1. The van der Waals surface area contributed by atoms with Crippen LogP contribution in [0.4, 0.5) is 9.59 Å². The molecule has 0 heterocycles. The predicted octanol–water partition coefficient (Wildman–Crippen LogP) is 3.79. The van der Waals surface area contributed by atoms with Crippen LogP contribution in [0, 0.1) is 0 Å². The van der Waals surface area contributed by atoms with Gasteiger partial charge in [-0.25, -0.2) is 14.4 Å². The zero-order chi connectivity index (χ0) is 28.0. The molecule has 2 aromatic rings. The zero-order valence-corrected chi connectivity index (χ0v) is 22.1. The van der Waals surface area contributed by atoms with Crippen molar-refractivity contribution in [3.05, 3.63) is 71.8 Å². The summed E-state index contributed by atoms with van der Waals surface area (Å²) in [7, 11) is 0. The number of alkyl carbamates (subject to hydrolysis) is 2. The fraction of sp³-hybridized carbons (Fsp3) is 0.429. The van der Waals surface area contributed by atoms with E-state index < -0.39 is 41.7 Å². The number of amides is 3. The lowest BCUT2D eigenvalue weighted by molar-refractivity contribution is -0.142. The minimum atomic E-state index is -1.19. The topological polar surface area (TPSA) is 143 Å². The highest BCUT2D eigenvalue weighted by Crippen LogP contribution is 2.09. The summed E-state index contributed by atoms with van der Waals surface area (Å²) >= 11 is 0. The molecule has 0 radical (unpaired) electrons. The molecular weight excluding hydrogens is 490 g/mol. The summed E-state index contributed by atoms with van der Waals surface area (Å²) in [6.45, 7) is 5.61. The van der Waals surface area contributed by atoms with Gasteiger partial charge in [0.15, 0.2) is 0 Å². The van der Waals surface area contributed by atoms with Gasteiger partial charge in [-0.2, -0.15) is 0 Å². The molecule has 10 nitrogen and oxygen atoms in total. The predicted molar refractivity (Wildman–Crippen MR) is 141 cm³/mol. The fourth-order valence-electron chi connectivity index (χ4n) is 3.47. The molecule has 0 aliphatic carbocycles. The van der Waals surface area contributed by atoms with Crippen LogP contribution >= 0.6 is 0 Å². The lowest BCUT2D eigenvalue weighted by atomic mass is 10.0. The third kappa shape index (κ3) is 12.2. The number of carboxylic acid groups (broad SMARTS) is 1. The molecule has 0 aromatic heterocycles. The summed E-state index contributed by atoms with van der Waals surface area (Å²) in [5.41, 5.74) is 0.969. The monoisotopic (exact) mass is 527 g/mol. The third-order valence-corrected chi connectivity index (χ3v) is 5.31. The van der Waals surface area contributed by atoms with E-state index >= 15 is 0 Å². The Balaban J connectivity index is 1.92. The van der Waals surface area contributed by atoms with Crippen molar-refractivity contribution >= 4 is 24.1 Å².